The summed E-state index contributed by atoms with van der Waals surface area (Å²) in [5, 5.41) is 5.74. The van der Waals surface area contributed by atoms with E-state index in [-0.39, 0.29) is 17.2 Å². The Bertz CT molecular complexity index is 1320. The minimum atomic E-state index is -0.662. The Kier molecular flexibility index (Phi) is 6.69. The van der Waals surface area contributed by atoms with Crippen LogP contribution in [-0.4, -0.2) is 33.8 Å². The van der Waals surface area contributed by atoms with Crippen LogP contribution in [0.15, 0.2) is 35.1 Å². The molecule has 1 aromatic carbocycles. The van der Waals surface area contributed by atoms with Crippen LogP contribution in [0.5, 0.6) is 0 Å². The first-order valence-electron chi connectivity index (χ1n) is 11.0. The Hall–Kier alpha value is -3.66. The number of aryl methyl sites for hydroxylation is 1. The van der Waals surface area contributed by atoms with E-state index >= 15 is 0 Å². The van der Waals surface area contributed by atoms with Crippen molar-refractivity contribution in [3.63, 3.8) is 0 Å². The van der Waals surface area contributed by atoms with Crippen LogP contribution in [0, 0.1) is 6.92 Å². The van der Waals surface area contributed by atoms with Crippen LogP contribution in [0.25, 0.3) is 5.69 Å². The number of carbonyl (C=O) groups is 3. The van der Waals surface area contributed by atoms with Gasteiger partial charge in [0.15, 0.2) is 6.61 Å². The largest absolute Gasteiger partial charge is 0.452 e. The molecular weight excluding hydrogens is 456 g/mol. The van der Waals surface area contributed by atoms with Crippen molar-refractivity contribution in [3.8, 4) is 5.69 Å². The first-order chi connectivity index (χ1) is 16.3. The summed E-state index contributed by atoms with van der Waals surface area (Å²) in [4.78, 5) is 51.1. The first-order valence-corrected chi connectivity index (χ1v) is 11.8. The predicted molar refractivity (Wildman–Crippen MR) is 130 cm³/mol. The van der Waals surface area contributed by atoms with Gasteiger partial charge in [0.1, 0.15) is 10.7 Å². The number of carbonyl (C=O) groups excluding carboxylic acids is 3. The van der Waals surface area contributed by atoms with Gasteiger partial charge in [0.05, 0.1) is 16.9 Å². The second-order valence-corrected chi connectivity index (χ2v) is 9.26. The molecule has 0 saturated heterocycles. The summed E-state index contributed by atoms with van der Waals surface area (Å²) in [6.45, 7) is 2.55. The fourth-order valence-corrected chi connectivity index (χ4v) is 5.44. The van der Waals surface area contributed by atoms with Crippen molar-refractivity contribution in [2.24, 2.45) is 7.05 Å². The highest BCUT2D eigenvalue weighted by atomic mass is 32.1. The number of para-hydroxylation sites is 1. The lowest BCUT2D eigenvalue weighted by molar-refractivity contribution is -0.119. The molecule has 0 bridgehead atoms. The van der Waals surface area contributed by atoms with Gasteiger partial charge < -0.3 is 15.4 Å². The van der Waals surface area contributed by atoms with E-state index in [0.29, 0.717) is 21.9 Å². The molecule has 2 amide bonds. The zero-order valence-corrected chi connectivity index (χ0v) is 20.1. The van der Waals surface area contributed by atoms with E-state index in [2.05, 4.69) is 10.6 Å². The number of fused-ring (bicyclic) bond motifs is 1. The van der Waals surface area contributed by atoms with Gasteiger partial charge in [0.25, 0.3) is 11.5 Å². The number of nitrogens with zero attached hydrogens (tertiary/aromatic N) is 2. The minimum absolute atomic E-state index is 0.124. The molecule has 2 aromatic heterocycles. The van der Waals surface area contributed by atoms with Crippen molar-refractivity contribution in [2.75, 3.05) is 17.2 Å². The Labute approximate surface area is 200 Å². The molecule has 2 N–H and O–H groups in total. The van der Waals surface area contributed by atoms with Crippen molar-refractivity contribution in [1.29, 1.82) is 0 Å². The summed E-state index contributed by atoms with van der Waals surface area (Å²) in [6, 6.07) is 9.08. The van der Waals surface area contributed by atoms with Gasteiger partial charge in [0.2, 0.25) is 5.91 Å². The van der Waals surface area contributed by atoms with Gasteiger partial charge in [-0.15, -0.1) is 11.3 Å². The second kappa shape index (κ2) is 9.68. The molecule has 0 radical (unpaired) electrons. The lowest BCUT2D eigenvalue weighted by atomic mass is 9.95. The smallest absolute Gasteiger partial charge is 0.341 e. The average Bonchev–Trinajstić information content (AvgIpc) is 3.27. The van der Waals surface area contributed by atoms with Gasteiger partial charge >= 0.3 is 5.97 Å². The fraction of sp³-hybridized carbons (Fsp3) is 0.333. The second-order valence-electron chi connectivity index (χ2n) is 8.16. The molecule has 178 valence electrons. The number of amides is 2. The molecule has 1 aliphatic carbocycles. The number of hydrogen-bond acceptors (Lipinski definition) is 6. The minimum Gasteiger partial charge on any atom is -0.452 e. The van der Waals surface area contributed by atoms with Gasteiger partial charge in [-0.2, -0.15) is 0 Å². The molecule has 1 aliphatic rings. The maximum absolute atomic E-state index is 13.0. The van der Waals surface area contributed by atoms with Gasteiger partial charge in [-0.25, -0.2) is 9.48 Å². The third-order valence-electron chi connectivity index (χ3n) is 5.82. The zero-order chi connectivity index (χ0) is 24.4. The van der Waals surface area contributed by atoms with Gasteiger partial charge in [-0.3, -0.25) is 19.1 Å². The first kappa shape index (κ1) is 23.5. The molecule has 0 saturated carbocycles. The maximum Gasteiger partial charge on any atom is 0.341 e. The quantitative estimate of drug-likeness (QED) is 0.524. The zero-order valence-electron chi connectivity index (χ0n) is 19.3. The lowest BCUT2D eigenvalue weighted by Crippen LogP contribution is -2.26. The summed E-state index contributed by atoms with van der Waals surface area (Å²) < 4.78 is 8.40. The third-order valence-corrected chi connectivity index (χ3v) is 7.03. The molecule has 3 aromatic rings. The Morgan fingerprint density at radius 1 is 1.09 bits per heavy atom. The van der Waals surface area contributed by atoms with Gasteiger partial charge in [-0.05, 0) is 50.3 Å². The Morgan fingerprint density at radius 3 is 2.50 bits per heavy atom. The van der Waals surface area contributed by atoms with E-state index in [0.717, 1.165) is 36.1 Å². The topological polar surface area (TPSA) is 111 Å². The fourth-order valence-electron chi connectivity index (χ4n) is 4.12. The average molecular weight is 483 g/mol. The predicted octanol–water partition coefficient (Wildman–Crippen LogP) is 3.18. The Balaban J connectivity index is 1.50. The van der Waals surface area contributed by atoms with E-state index in [4.69, 9.17) is 4.74 Å². The number of benzene rings is 1. The van der Waals surface area contributed by atoms with Crippen molar-refractivity contribution < 1.29 is 19.1 Å². The summed E-state index contributed by atoms with van der Waals surface area (Å²) in [7, 11) is 1.72. The molecule has 2 heterocycles. The summed E-state index contributed by atoms with van der Waals surface area (Å²) in [5.74, 6) is -1.56. The Morgan fingerprint density at radius 2 is 1.79 bits per heavy atom. The standard InChI is InChI=1S/C24H26N4O5S/c1-14-21(23(31)28(27(14)3)16-9-5-4-6-10-16)26-19(30)13-33-24(32)20-17-11-7-8-12-18(17)34-22(20)25-15(2)29/h4-6,9-10H,7-8,11-13H2,1-3H3,(H,25,29)(H,26,30). The monoisotopic (exact) mass is 482 g/mol. The number of thiophene rings is 1. The van der Waals surface area contributed by atoms with E-state index in [9.17, 15) is 19.2 Å². The number of nitrogens with one attached hydrogen (secondary N) is 2. The number of aromatic nitrogens is 2. The number of esters is 1. The molecule has 9 nitrogen and oxygen atoms in total. The lowest BCUT2D eigenvalue weighted by Gasteiger charge is -2.12. The molecule has 0 spiro atoms. The van der Waals surface area contributed by atoms with E-state index in [1.165, 1.54) is 22.9 Å². The van der Waals surface area contributed by atoms with Crippen LogP contribution in [0.3, 0.4) is 0 Å². The SMILES string of the molecule is CC(=O)Nc1sc2c(c1C(=O)OCC(=O)Nc1c(C)n(C)n(-c3ccccc3)c1=O)CCCC2. The van der Waals surface area contributed by atoms with Gasteiger partial charge in [0, 0.05) is 18.8 Å². The van der Waals surface area contributed by atoms with Crippen LogP contribution in [0.1, 0.15) is 46.3 Å². The van der Waals surface area contributed by atoms with E-state index in [1.807, 2.05) is 18.2 Å². The van der Waals surface area contributed by atoms with E-state index < -0.39 is 18.5 Å². The summed E-state index contributed by atoms with van der Waals surface area (Å²) >= 11 is 1.38. The highest BCUT2D eigenvalue weighted by molar-refractivity contribution is 7.17. The molecule has 4 rings (SSSR count). The maximum atomic E-state index is 13.0. The molecule has 34 heavy (non-hydrogen) atoms. The molecule has 10 heteroatoms. The van der Waals surface area contributed by atoms with Crippen LogP contribution in [-0.2, 0) is 34.2 Å². The molecule has 0 unspecified atom stereocenters. The van der Waals surface area contributed by atoms with Crippen LogP contribution in [0.2, 0.25) is 0 Å². The van der Waals surface area contributed by atoms with Crippen molar-refractivity contribution in [1.82, 2.24) is 9.36 Å². The normalized spacial score (nSPS) is 12.7. The molecule has 0 atom stereocenters. The van der Waals surface area contributed by atoms with Crippen molar-refractivity contribution in [3.05, 3.63) is 62.4 Å². The van der Waals surface area contributed by atoms with Crippen LogP contribution < -0.4 is 16.2 Å². The van der Waals surface area contributed by atoms with Crippen LogP contribution in [0.4, 0.5) is 10.7 Å². The van der Waals surface area contributed by atoms with Gasteiger partial charge in [-0.1, -0.05) is 18.2 Å². The van der Waals surface area contributed by atoms with Crippen molar-refractivity contribution in [2.45, 2.75) is 39.5 Å². The molecular formula is C24H26N4O5S. The number of hydrogen-bond donors (Lipinski definition) is 2. The van der Waals surface area contributed by atoms with E-state index in [1.54, 1.807) is 30.8 Å². The number of rotatable bonds is 6. The van der Waals surface area contributed by atoms with Crippen LogP contribution >= 0.6 is 11.3 Å². The van der Waals surface area contributed by atoms with Crippen molar-refractivity contribution >= 4 is 39.8 Å². The highest BCUT2D eigenvalue weighted by Gasteiger charge is 2.27. The third kappa shape index (κ3) is 4.54. The molecule has 0 fully saturated rings. The summed E-state index contributed by atoms with van der Waals surface area (Å²) in [5.41, 5.74) is 2.18. The number of anilines is 2. The molecule has 0 aliphatic heterocycles. The highest BCUT2D eigenvalue weighted by Crippen LogP contribution is 2.38. The number of ether oxygens (including phenoxy) is 1. The summed E-state index contributed by atoms with van der Waals surface area (Å²) in [6.07, 6.45) is 3.55.